The van der Waals surface area contributed by atoms with E-state index in [0.29, 0.717) is 17.1 Å². The number of benzene rings is 2. The number of esters is 2. The molecule has 0 N–H and O–H groups in total. The maximum Gasteiger partial charge on any atom is 0.323 e. The molecule has 0 bridgehead atoms. The topological polar surface area (TPSA) is 52.6 Å². The first-order valence-electron chi connectivity index (χ1n) is 10.4. The van der Waals surface area contributed by atoms with E-state index in [-0.39, 0.29) is 16.8 Å². The number of rotatable bonds is 2. The molecule has 0 saturated heterocycles. The van der Waals surface area contributed by atoms with Gasteiger partial charge in [0.2, 0.25) is 0 Å². The summed E-state index contributed by atoms with van der Waals surface area (Å²) in [5.74, 6) is -0.266. The average Bonchev–Trinajstić information content (AvgIpc) is 2.88. The molecule has 1 atom stereocenters. The standard InChI is InChI=1S/C26H32O4/c1-14-10-17(22(29-16(3)27)19(12-14)25(4,5)6)21-18-11-15(2)13-20(26(7,8)9)23(18)30-24(21)28/h10-13,21H,1-9H3. The molecule has 0 spiro atoms. The van der Waals surface area contributed by atoms with Crippen LogP contribution in [0.15, 0.2) is 24.3 Å². The van der Waals surface area contributed by atoms with Crippen molar-refractivity contribution in [2.45, 2.75) is 79.1 Å². The van der Waals surface area contributed by atoms with Crippen molar-refractivity contribution in [2.75, 3.05) is 0 Å². The Balaban J connectivity index is 2.33. The smallest absolute Gasteiger partial charge is 0.323 e. The number of hydrogen-bond acceptors (Lipinski definition) is 4. The van der Waals surface area contributed by atoms with Crippen molar-refractivity contribution in [3.8, 4) is 11.5 Å². The average molecular weight is 409 g/mol. The Hall–Kier alpha value is -2.62. The second-order valence-electron chi connectivity index (χ2n) is 10.4. The van der Waals surface area contributed by atoms with Gasteiger partial charge in [0, 0.05) is 29.2 Å². The first kappa shape index (κ1) is 22.1. The van der Waals surface area contributed by atoms with Crippen molar-refractivity contribution in [3.05, 3.63) is 57.6 Å². The first-order chi connectivity index (χ1) is 13.7. The van der Waals surface area contributed by atoms with E-state index in [1.165, 1.54) is 6.92 Å². The minimum Gasteiger partial charge on any atom is -0.426 e. The van der Waals surface area contributed by atoms with Crippen molar-refractivity contribution in [2.24, 2.45) is 0 Å². The zero-order chi connectivity index (χ0) is 22.6. The van der Waals surface area contributed by atoms with Crippen LogP contribution >= 0.6 is 0 Å². The van der Waals surface area contributed by atoms with Crippen molar-refractivity contribution < 1.29 is 19.1 Å². The summed E-state index contributed by atoms with van der Waals surface area (Å²) < 4.78 is 11.5. The van der Waals surface area contributed by atoms with Crippen molar-refractivity contribution in [3.63, 3.8) is 0 Å². The fourth-order valence-electron chi connectivity index (χ4n) is 4.10. The molecule has 1 aliphatic heterocycles. The first-order valence-corrected chi connectivity index (χ1v) is 10.4. The van der Waals surface area contributed by atoms with Crippen molar-refractivity contribution in [1.82, 2.24) is 0 Å². The second-order valence-corrected chi connectivity index (χ2v) is 10.4. The molecular formula is C26H32O4. The lowest BCUT2D eigenvalue weighted by Crippen LogP contribution is -2.20. The Kier molecular flexibility index (Phi) is 5.34. The minimum absolute atomic E-state index is 0.173. The Labute approximate surface area is 179 Å². The molecule has 2 aromatic rings. The van der Waals surface area contributed by atoms with Gasteiger partial charge in [-0.1, -0.05) is 76.9 Å². The van der Waals surface area contributed by atoms with Gasteiger partial charge < -0.3 is 9.47 Å². The molecule has 0 aromatic heterocycles. The van der Waals surface area contributed by atoms with E-state index < -0.39 is 11.9 Å². The van der Waals surface area contributed by atoms with Crippen LogP contribution in [-0.4, -0.2) is 11.9 Å². The second kappa shape index (κ2) is 7.26. The van der Waals surface area contributed by atoms with Crippen LogP contribution in [0.2, 0.25) is 0 Å². The molecule has 4 nitrogen and oxygen atoms in total. The van der Waals surface area contributed by atoms with Gasteiger partial charge in [0.1, 0.15) is 17.4 Å². The zero-order valence-corrected chi connectivity index (χ0v) is 19.5. The monoisotopic (exact) mass is 408 g/mol. The van der Waals surface area contributed by atoms with Gasteiger partial charge in [0.15, 0.2) is 0 Å². The number of carbonyl (C=O) groups excluding carboxylic acids is 2. The molecule has 1 heterocycles. The Morgan fingerprint density at radius 2 is 1.37 bits per heavy atom. The summed E-state index contributed by atoms with van der Waals surface area (Å²) in [7, 11) is 0. The van der Waals surface area contributed by atoms with E-state index in [0.717, 1.165) is 27.8 Å². The summed E-state index contributed by atoms with van der Waals surface area (Å²) in [6.45, 7) is 17.9. The van der Waals surface area contributed by atoms with Gasteiger partial charge in [-0.2, -0.15) is 0 Å². The maximum atomic E-state index is 13.2. The fraction of sp³-hybridized carbons (Fsp3) is 0.462. The van der Waals surface area contributed by atoms with Crippen LogP contribution in [0.4, 0.5) is 0 Å². The molecule has 4 heteroatoms. The number of hydrogen-bond donors (Lipinski definition) is 0. The Morgan fingerprint density at radius 3 is 1.87 bits per heavy atom. The van der Waals surface area contributed by atoms with E-state index in [9.17, 15) is 9.59 Å². The summed E-state index contributed by atoms with van der Waals surface area (Å²) in [6, 6.07) is 8.06. The third kappa shape index (κ3) is 4.00. The predicted octanol–water partition coefficient (Wildman–Crippen LogP) is 5.87. The number of fused-ring (bicyclic) bond motifs is 1. The molecule has 3 rings (SSSR count). The van der Waals surface area contributed by atoms with Crippen LogP contribution in [0.25, 0.3) is 0 Å². The van der Waals surface area contributed by atoms with Crippen LogP contribution in [0.5, 0.6) is 11.5 Å². The summed E-state index contributed by atoms with van der Waals surface area (Å²) >= 11 is 0. The molecule has 0 fully saturated rings. The quantitative estimate of drug-likeness (QED) is 0.460. The van der Waals surface area contributed by atoms with Gasteiger partial charge in [-0.15, -0.1) is 0 Å². The SMILES string of the molecule is CC(=O)Oc1c(C2C(=O)Oc3c2cc(C)cc3C(C)(C)C)cc(C)cc1C(C)(C)C. The molecular weight excluding hydrogens is 376 g/mol. The minimum atomic E-state index is -0.628. The van der Waals surface area contributed by atoms with E-state index in [2.05, 4.69) is 47.6 Å². The number of ether oxygens (including phenoxy) is 2. The summed E-state index contributed by atoms with van der Waals surface area (Å²) in [5, 5.41) is 0. The predicted molar refractivity (Wildman–Crippen MR) is 119 cm³/mol. The van der Waals surface area contributed by atoms with Crippen LogP contribution in [0.1, 0.15) is 87.8 Å². The molecule has 1 aliphatic rings. The van der Waals surface area contributed by atoms with E-state index in [1.54, 1.807) is 0 Å². The van der Waals surface area contributed by atoms with E-state index in [1.807, 2.05) is 32.0 Å². The number of aryl methyl sites for hydroxylation is 2. The van der Waals surface area contributed by atoms with Crippen LogP contribution in [-0.2, 0) is 20.4 Å². The highest BCUT2D eigenvalue weighted by Crippen LogP contribution is 2.49. The molecule has 160 valence electrons. The van der Waals surface area contributed by atoms with Crippen molar-refractivity contribution >= 4 is 11.9 Å². The Morgan fingerprint density at radius 1 is 0.867 bits per heavy atom. The fourth-order valence-corrected chi connectivity index (χ4v) is 4.10. The van der Waals surface area contributed by atoms with Gasteiger partial charge in [-0.3, -0.25) is 9.59 Å². The van der Waals surface area contributed by atoms with Gasteiger partial charge in [0.05, 0.1) is 0 Å². The highest BCUT2D eigenvalue weighted by Gasteiger charge is 2.41. The molecule has 0 radical (unpaired) electrons. The van der Waals surface area contributed by atoms with E-state index >= 15 is 0 Å². The lowest BCUT2D eigenvalue weighted by molar-refractivity contribution is -0.134. The van der Waals surface area contributed by atoms with Gasteiger partial charge in [-0.25, -0.2) is 0 Å². The van der Waals surface area contributed by atoms with Crippen molar-refractivity contribution in [1.29, 1.82) is 0 Å². The molecule has 2 aromatic carbocycles. The largest absolute Gasteiger partial charge is 0.426 e. The maximum absolute atomic E-state index is 13.2. The summed E-state index contributed by atoms with van der Waals surface area (Å²) in [4.78, 5) is 25.1. The molecule has 30 heavy (non-hydrogen) atoms. The highest BCUT2D eigenvalue weighted by atomic mass is 16.5. The molecule has 0 aliphatic carbocycles. The lowest BCUT2D eigenvalue weighted by Gasteiger charge is -2.26. The van der Waals surface area contributed by atoms with Crippen LogP contribution < -0.4 is 9.47 Å². The molecule has 0 saturated carbocycles. The number of carbonyl (C=O) groups is 2. The molecule has 0 amide bonds. The highest BCUT2D eigenvalue weighted by molar-refractivity contribution is 5.91. The normalized spacial score (nSPS) is 16.3. The van der Waals surface area contributed by atoms with Gasteiger partial charge in [-0.05, 0) is 24.7 Å². The van der Waals surface area contributed by atoms with Crippen LogP contribution in [0.3, 0.4) is 0 Å². The Bertz CT molecular complexity index is 1030. The van der Waals surface area contributed by atoms with Gasteiger partial charge in [0.25, 0.3) is 0 Å². The van der Waals surface area contributed by atoms with Crippen LogP contribution in [0, 0.1) is 13.8 Å². The summed E-state index contributed by atoms with van der Waals surface area (Å²) in [6.07, 6.45) is 0. The summed E-state index contributed by atoms with van der Waals surface area (Å²) in [5.41, 5.74) is 5.07. The van der Waals surface area contributed by atoms with E-state index in [4.69, 9.17) is 9.47 Å². The third-order valence-electron chi connectivity index (χ3n) is 5.45. The van der Waals surface area contributed by atoms with Gasteiger partial charge >= 0.3 is 11.9 Å². The third-order valence-corrected chi connectivity index (χ3v) is 5.45. The molecule has 1 unspecified atom stereocenters. The zero-order valence-electron chi connectivity index (χ0n) is 19.5. The lowest BCUT2D eigenvalue weighted by atomic mass is 9.79.